The lowest BCUT2D eigenvalue weighted by Crippen LogP contribution is -2.39. The summed E-state index contributed by atoms with van der Waals surface area (Å²) in [4.78, 5) is 26.2. The molecule has 1 atom stereocenters. The second kappa shape index (κ2) is 12.1. The predicted molar refractivity (Wildman–Crippen MR) is 164 cm³/mol. The molecule has 0 saturated heterocycles. The molecule has 3 aromatic rings. The van der Waals surface area contributed by atoms with Crippen molar-refractivity contribution in [1.82, 2.24) is 16.3 Å². The van der Waals surface area contributed by atoms with Gasteiger partial charge >= 0.3 is 0 Å². The molecule has 4 rings (SSSR count). The van der Waals surface area contributed by atoms with Crippen molar-refractivity contribution in [2.75, 3.05) is 28.4 Å². The number of anilines is 3. The number of nitrogens with zero attached hydrogens (tertiary/aromatic N) is 1. The van der Waals surface area contributed by atoms with Crippen LogP contribution in [0.15, 0.2) is 78.6 Å². The number of carbonyl (C=O) groups excluding carboxylic acids is 2. The molecule has 0 unspecified atom stereocenters. The number of amides is 2. The number of benzene rings is 3. The highest BCUT2D eigenvalue weighted by molar-refractivity contribution is 7.92. The molecule has 0 spiro atoms. The van der Waals surface area contributed by atoms with Crippen molar-refractivity contribution in [3.63, 3.8) is 0 Å². The summed E-state index contributed by atoms with van der Waals surface area (Å²) in [5.41, 5.74) is 9.00. The minimum absolute atomic E-state index is 0.187. The quantitative estimate of drug-likeness (QED) is 0.250. The number of sulfonamides is 1. The highest BCUT2D eigenvalue weighted by Gasteiger charge is 2.24. The maximum Gasteiger partial charge on any atom is 0.270 e. The van der Waals surface area contributed by atoms with Gasteiger partial charge in [-0.2, -0.15) is 0 Å². The third-order valence-corrected chi connectivity index (χ3v) is 7.14. The molecule has 3 aromatic carbocycles. The van der Waals surface area contributed by atoms with Gasteiger partial charge in [0.1, 0.15) is 5.70 Å². The van der Waals surface area contributed by atoms with Gasteiger partial charge in [-0.15, -0.1) is 5.53 Å². The van der Waals surface area contributed by atoms with Gasteiger partial charge < -0.3 is 15.4 Å². The van der Waals surface area contributed by atoms with Crippen molar-refractivity contribution in [3.05, 3.63) is 95.3 Å². The molecule has 1 heterocycles. The van der Waals surface area contributed by atoms with Crippen LogP contribution >= 0.6 is 0 Å². The molecule has 11 nitrogen and oxygen atoms in total. The Labute approximate surface area is 246 Å². The van der Waals surface area contributed by atoms with Gasteiger partial charge in [0.25, 0.3) is 11.8 Å². The molecule has 2 amide bonds. The van der Waals surface area contributed by atoms with E-state index in [-0.39, 0.29) is 28.8 Å². The number of ether oxygens (including phenoxy) is 1. The van der Waals surface area contributed by atoms with Gasteiger partial charge in [-0.1, -0.05) is 57.2 Å². The van der Waals surface area contributed by atoms with E-state index in [1.807, 2.05) is 58.0 Å². The molecule has 0 radical (unpaired) electrons. The normalized spacial score (nSPS) is 14.0. The fourth-order valence-electron chi connectivity index (χ4n) is 4.31. The van der Waals surface area contributed by atoms with Crippen molar-refractivity contribution >= 4 is 38.9 Å². The summed E-state index contributed by atoms with van der Waals surface area (Å²) >= 11 is 0. The van der Waals surface area contributed by atoms with Gasteiger partial charge in [0.05, 0.1) is 42.7 Å². The maximum atomic E-state index is 13.4. The van der Waals surface area contributed by atoms with Crippen LogP contribution in [-0.2, 0) is 20.2 Å². The smallest absolute Gasteiger partial charge is 0.270 e. The molecule has 222 valence electrons. The molecule has 1 aliphatic rings. The van der Waals surface area contributed by atoms with Crippen LogP contribution in [0.25, 0.3) is 0 Å². The number of nitrogens with one attached hydrogen (secondary N) is 5. The van der Waals surface area contributed by atoms with Crippen LogP contribution in [-0.4, -0.2) is 33.6 Å². The van der Waals surface area contributed by atoms with E-state index in [4.69, 9.17) is 4.74 Å². The fourth-order valence-corrected chi connectivity index (χ4v) is 4.86. The maximum absolute atomic E-state index is 13.4. The van der Waals surface area contributed by atoms with Crippen LogP contribution in [0.4, 0.5) is 17.1 Å². The lowest BCUT2D eigenvalue weighted by molar-refractivity contribution is -0.118. The lowest BCUT2D eigenvalue weighted by Gasteiger charge is -2.24. The third kappa shape index (κ3) is 7.39. The molecular formula is C30H36N6O5S. The average Bonchev–Trinajstić information content (AvgIpc) is 3.43. The van der Waals surface area contributed by atoms with Crippen LogP contribution in [0.3, 0.4) is 0 Å². The van der Waals surface area contributed by atoms with Crippen molar-refractivity contribution < 1.29 is 22.7 Å². The van der Waals surface area contributed by atoms with E-state index in [0.717, 1.165) is 17.4 Å². The number of carbonyl (C=O) groups is 2. The summed E-state index contributed by atoms with van der Waals surface area (Å²) in [6, 6.07) is 19.7. The van der Waals surface area contributed by atoms with Crippen molar-refractivity contribution in [2.24, 2.45) is 0 Å². The van der Waals surface area contributed by atoms with Gasteiger partial charge in [0.15, 0.2) is 5.75 Å². The van der Waals surface area contributed by atoms with E-state index in [1.165, 1.54) is 7.11 Å². The predicted octanol–water partition coefficient (Wildman–Crippen LogP) is 4.16. The summed E-state index contributed by atoms with van der Waals surface area (Å²) in [5, 5.41) is 7.41. The first kappa shape index (κ1) is 30.4. The average molecular weight is 593 g/mol. The molecule has 42 heavy (non-hydrogen) atoms. The molecule has 0 bridgehead atoms. The first-order chi connectivity index (χ1) is 19.7. The molecule has 0 aliphatic carbocycles. The molecule has 12 heteroatoms. The Bertz CT molecular complexity index is 1620. The summed E-state index contributed by atoms with van der Waals surface area (Å²) in [5.74, 6) is -0.538. The van der Waals surface area contributed by atoms with Crippen molar-refractivity contribution in [1.29, 1.82) is 0 Å². The second-order valence-electron chi connectivity index (χ2n) is 11.0. The number of rotatable bonds is 9. The Morgan fingerprint density at radius 2 is 1.64 bits per heavy atom. The number of hydrogen-bond donors (Lipinski definition) is 5. The van der Waals surface area contributed by atoms with E-state index >= 15 is 0 Å². The fraction of sp³-hybridized carbons (Fsp3) is 0.267. The molecule has 0 aromatic heterocycles. The highest BCUT2D eigenvalue weighted by Crippen LogP contribution is 2.39. The number of hydrogen-bond acceptors (Lipinski definition) is 8. The van der Waals surface area contributed by atoms with Crippen LogP contribution in [0.2, 0.25) is 0 Å². The van der Waals surface area contributed by atoms with E-state index in [2.05, 4.69) is 26.3 Å². The molecule has 0 fully saturated rings. The van der Waals surface area contributed by atoms with Crippen LogP contribution in [0.1, 0.15) is 55.2 Å². The Morgan fingerprint density at radius 1 is 0.952 bits per heavy atom. The second-order valence-corrected chi connectivity index (χ2v) is 12.7. The van der Waals surface area contributed by atoms with Crippen molar-refractivity contribution in [3.8, 4) is 5.75 Å². The third-order valence-electron chi connectivity index (χ3n) is 6.55. The van der Waals surface area contributed by atoms with E-state index in [1.54, 1.807) is 47.6 Å². The van der Waals surface area contributed by atoms with Gasteiger partial charge in [-0.3, -0.25) is 24.7 Å². The Balaban J connectivity index is 1.54. The molecule has 5 N–H and O–H groups in total. The van der Waals surface area contributed by atoms with E-state index < -0.39 is 15.9 Å². The standard InChI is InChI=1S/C30H36N6O5S/c1-19(20-11-8-7-9-12-20)31-29(38)26-18-36(35-33-26)23-14-10-13-21(15-23)28(37)32-24-16-22(30(2,3)4)17-25(27(24)41-5)34-42(6,39)40/h7-19,33-35H,1-6H3,(H,31,38)(H,32,37)/t19-/m1/s1. The van der Waals surface area contributed by atoms with Gasteiger partial charge in [0.2, 0.25) is 10.0 Å². The number of methoxy groups -OCH3 is 1. The summed E-state index contributed by atoms with van der Waals surface area (Å²) in [6.45, 7) is 7.85. The first-order valence-electron chi connectivity index (χ1n) is 13.3. The highest BCUT2D eigenvalue weighted by atomic mass is 32.2. The largest absolute Gasteiger partial charge is 0.492 e. The summed E-state index contributed by atoms with van der Waals surface area (Å²) in [7, 11) is -2.21. The Morgan fingerprint density at radius 3 is 2.29 bits per heavy atom. The summed E-state index contributed by atoms with van der Waals surface area (Å²) < 4.78 is 32.1. The minimum atomic E-state index is -3.61. The van der Waals surface area contributed by atoms with Crippen molar-refractivity contribution in [2.45, 2.75) is 39.2 Å². The molecule has 1 aliphatic heterocycles. The van der Waals surface area contributed by atoms with Gasteiger partial charge in [-0.25, -0.2) is 8.42 Å². The van der Waals surface area contributed by atoms with Crippen LogP contribution in [0.5, 0.6) is 5.75 Å². The SMILES string of the molecule is COc1c(NC(=O)c2cccc(N3C=C(C(=O)N[C@H](C)c4ccccc4)NN3)c2)cc(C(C)(C)C)cc1NS(C)(=O)=O. The Kier molecular flexibility index (Phi) is 8.78. The minimum Gasteiger partial charge on any atom is -0.492 e. The van der Waals surface area contributed by atoms with Crippen LogP contribution < -0.4 is 36.1 Å². The number of hydrazine groups is 2. The van der Waals surface area contributed by atoms with Crippen LogP contribution in [0, 0.1) is 0 Å². The van der Waals surface area contributed by atoms with Gasteiger partial charge in [0, 0.05) is 5.56 Å². The zero-order valence-electron chi connectivity index (χ0n) is 24.4. The zero-order valence-corrected chi connectivity index (χ0v) is 25.2. The monoisotopic (exact) mass is 592 g/mol. The molecule has 0 saturated carbocycles. The Hall–Kier alpha value is -4.55. The van der Waals surface area contributed by atoms with Gasteiger partial charge in [-0.05, 0) is 53.8 Å². The first-order valence-corrected chi connectivity index (χ1v) is 15.1. The zero-order chi connectivity index (χ0) is 30.7. The topological polar surface area (TPSA) is 141 Å². The van der Waals surface area contributed by atoms with E-state index in [9.17, 15) is 18.0 Å². The van der Waals surface area contributed by atoms with E-state index in [0.29, 0.717) is 22.6 Å². The lowest BCUT2D eigenvalue weighted by atomic mass is 9.86. The molecular weight excluding hydrogens is 556 g/mol. The summed E-state index contributed by atoms with van der Waals surface area (Å²) in [6.07, 6.45) is 2.65.